The molecule has 0 spiro atoms. The number of aliphatic hydroxyl groups is 1. The molecule has 1 aliphatic carbocycles. The zero-order chi connectivity index (χ0) is 17.6. The van der Waals surface area contributed by atoms with E-state index in [2.05, 4.69) is 10.6 Å². The molecule has 25 heavy (non-hydrogen) atoms. The molecule has 0 radical (unpaired) electrons. The van der Waals surface area contributed by atoms with Crippen molar-refractivity contribution < 1.29 is 14.3 Å². The fourth-order valence-electron chi connectivity index (χ4n) is 3.95. The minimum atomic E-state index is -0.696. The number of fused-ring (bicyclic) bond motifs is 2. The molecule has 3 N–H and O–H groups in total. The maximum atomic E-state index is 12.6. The van der Waals surface area contributed by atoms with Crippen molar-refractivity contribution in [1.82, 2.24) is 10.6 Å². The number of benzene rings is 1. The Hall–Kier alpha value is -1.89. The van der Waals surface area contributed by atoms with E-state index in [1.807, 2.05) is 0 Å². The molecule has 1 saturated heterocycles. The number of hydrogen-bond acceptors (Lipinski definition) is 5. The summed E-state index contributed by atoms with van der Waals surface area (Å²) < 4.78 is 5.21. The molecular formula is C18H19ClN2O4. The van der Waals surface area contributed by atoms with Gasteiger partial charge in [0, 0.05) is 10.4 Å². The molecule has 4 rings (SSSR count). The highest BCUT2D eigenvalue weighted by atomic mass is 35.5. The summed E-state index contributed by atoms with van der Waals surface area (Å²) in [5.41, 5.74) is -0.393. The van der Waals surface area contributed by atoms with Crippen LogP contribution in [0.1, 0.15) is 23.2 Å². The first-order chi connectivity index (χ1) is 12.0. The Labute approximate surface area is 149 Å². The van der Waals surface area contributed by atoms with E-state index in [0.717, 1.165) is 13.1 Å². The third kappa shape index (κ3) is 3.17. The number of rotatable bonds is 2. The third-order valence-corrected chi connectivity index (χ3v) is 5.54. The Morgan fingerprint density at radius 3 is 2.80 bits per heavy atom. The minimum absolute atomic E-state index is 0.0753. The molecule has 1 aromatic heterocycles. The second kappa shape index (κ2) is 6.44. The molecule has 6 nitrogen and oxygen atoms in total. The van der Waals surface area contributed by atoms with Gasteiger partial charge in [-0.1, -0.05) is 11.6 Å². The van der Waals surface area contributed by atoms with E-state index in [0.29, 0.717) is 40.7 Å². The summed E-state index contributed by atoms with van der Waals surface area (Å²) in [6.45, 7) is 1.82. The van der Waals surface area contributed by atoms with Gasteiger partial charge < -0.3 is 20.2 Å². The molecule has 2 aliphatic rings. The molecule has 4 atom stereocenters. The van der Waals surface area contributed by atoms with E-state index < -0.39 is 17.6 Å². The Kier molecular flexibility index (Phi) is 4.27. The Bertz CT molecular complexity index is 881. The number of halogens is 1. The summed E-state index contributed by atoms with van der Waals surface area (Å²) in [5.74, 6) is 0.376. The normalized spacial score (nSPS) is 28.7. The molecule has 0 bridgehead atoms. The zero-order valence-corrected chi connectivity index (χ0v) is 14.3. The first kappa shape index (κ1) is 16.6. The van der Waals surface area contributed by atoms with Crippen molar-refractivity contribution in [1.29, 1.82) is 0 Å². The van der Waals surface area contributed by atoms with Gasteiger partial charge in [-0.2, -0.15) is 0 Å². The highest BCUT2D eigenvalue weighted by Crippen LogP contribution is 2.33. The number of aliphatic hydroxyl groups excluding tert-OH is 1. The summed E-state index contributed by atoms with van der Waals surface area (Å²) in [7, 11) is 0. The van der Waals surface area contributed by atoms with Crippen LogP contribution >= 0.6 is 11.6 Å². The van der Waals surface area contributed by atoms with Crippen LogP contribution < -0.4 is 16.3 Å². The number of nitrogens with one attached hydrogen (secondary N) is 2. The fourth-order valence-corrected chi connectivity index (χ4v) is 4.13. The van der Waals surface area contributed by atoms with Crippen LogP contribution in [0.25, 0.3) is 11.0 Å². The molecule has 132 valence electrons. The summed E-state index contributed by atoms with van der Waals surface area (Å²) >= 11 is 5.96. The zero-order valence-electron chi connectivity index (χ0n) is 13.5. The molecule has 2 aromatic rings. The van der Waals surface area contributed by atoms with Crippen LogP contribution in [-0.2, 0) is 0 Å². The van der Waals surface area contributed by atoms with E-state index in [9.17, 15) is 14.7 Å². The summed E-state index contributed by atoms with van der Waals surface area (Å²) in [4.78, 5) is 24.7. The van der Waals surface area contributed by atoms with Crippen molar-refractivity contribution in [3.63, 3.8) is 0 Å². The van der Waals surface area contributed by atoms with Crippen LogP contribution in [-0.4, -0.2) is 36.2 Å². The number of hydrogen-bond donors (Lipinski definition) is 3. The van der Waals surface area contributed by atoms with Gasteiger partial charge >= 0.3 is 5.63 Å². The standard InChI is InChI=1S/C18H19ClN2O4/c19-12-1-2-16-9(3-12)4-13(18(24)25-16)17(23)21-14-5-10-7-20-8-11(10)6-15(14)22/h1-4,10-11,14-15,20,22H,5-8H2,(H,21,23)/t10-,11+,14-,15-/m0/s1. The van der Waals surface area contributed by atoms with Crippen molar-refractivity contribution in [2.24, 2.45) is 11.8 Å². The molecule has 7 heteroatoms. The fraction of sp³-hybridized carbons (Fsp3) is 0.444. The van der Waals surface area contributed by atoms with E-state index in [1.165, 1.54) is 6.07 Å². The van der Waals surface area contributed by atoms with E-state index in [1.54, 1.807) is 18.2 Å². The maximum Gasteiger partial charge on any atom is 0.349 e. The van der Waals surface area contributed by atoms with Gasteiger partial charge in [0.15, 0.2) is 0 Å². The van der Waals surface area contributed by atoms with Gasteiger partial charge in [0.05, 0.1) is 12.1 Å². The first-order valence-corrected chi connectivity index (χ1v) is 8.82. The lowest BCUT2D eigenvalue weighted by molar-refractivity contribution is 0.0461. The Balaban J connectivity index is 1.57. The Morgan fingerprint density at radius 2 is 2.00 bits per heavy atom. The maximum absolute atomic E-state index is 12.6. The average molecular weight is 363 g/mol. The van der Waals surface area contributed by atoms with Gasteiger partial charge in [-0.15, -0.1) is 0 Å². The number of carbonyl (C=O) groups excluding carboxylic acids is 1. The van der Waals surface area contributed by atoms with Crippen LogP contribution in [0.5, 0.6) is 0 Å². The molecule has 1 aliphatic heterocycles. The molecule has 0 unspecified atom stereocenters. The molecule has 1 aromatic carbocycles. The van der Waals surface area contributed by atoms with Crippen molar-refractivity contribution in [3.8, 4) is 0 Å². The number of carbonyl (C=O) groups is 1. The quantitative estimate of drug-likeness (QED) is 0.705. The van der Waals surface area contributed by atoms with Crippen LogP contribution in [0, 0.1) is 11.8 Å². The molecule has 2 fully saturated rings. The highest BCUT2D eigenvalue weighted by Gasteiger charge is 2.39. The smallest absolute Gasteiger partial charge is 0.349 e. The largest absolute Gasteiger partial charge is 0.422 e. The number of amides is 1. The average Bonchev–Trinajstić information content (AvgIpc) is 3.02. The van der Waals surface area contributed by atoms with E-state index in [4.69, 9.17) is 16.0 Å². The molecule has 2 heterocycles. The van der Waals surface area contributed by atoms with E-state index in [-0.39, 0.29) is 11.6 Å². The minimum Gasteiger partial charge on any atom is -0.422 e. The first-order valence-electron chi connectivity index (χ1n) is 8.44. The van der Waals surface area contributed by atoms with Crippen LogP contribution in [0.4, 0.5) is 0 Å². The predicted octanol–water partition coefficient (Wildman–Crippen LogP) is 1.54. The molecular weight excluding hydrogens is 344 g/mol. The van der Waals surface area contributed by atoms with Gasteiger partial charge in [0.25, 0.3) is 5.91 Å². The third-order valence-electron chi connectivity index (χ3n) is 5.30. The lowest BCUT2D eigenvalue weighted by atomic mass is 9.77. The summed E-state index contributed by atoms with van der Waals surface area (Å²) in [6.07, 6.45) is 0.756. The van der Waals surface area contributed by atoms with Gasteiger partial charge in [0.2, 0.25) is 0 Å². The second-order valence-corrected chi connectivity index (χ2v) is 7.36. The summed E-state index contributed by atoms with van der Waals surface area (Å²) in [6, 6.07) is 5.98. The van der Waals surface area contributed by atoms with Crippen LogP contribution in [0.3, 0.4) is 0 Å². The summed E-state index contributed by atoms with van der Waals surface area (Å²) in [5, 5.41) is 17.5. The lowest BCUT2D eigenvalue weighted by Gasteiger charge is -2.35. The Morgan fingerprint density at radius 1 is 1.24 bits per heavy atom. The van der Waals surface area contributed by atoms with Gasteiger partial charge in [-0.25, -0.2) is 4.79 Å². The van der Waals surface area contributed by atoms with Gasteiger partial charge in [0.1, 0.15) is 11.1 Å². The van der Waals surface area contributed by atoms with Crippen molar-refractivity contribution in [2.75, 3.05) is 13.1 Å². The van der Waals surface area contributed by atoms with Gasteiger partial charge in [-0.05, 0) is 62.0 Å². The highest BCUT2D eigenvalue weighted by molar-refractivity contribution is 6.31. The van der Waals surface area contributed by atoms with Crippen LogP contribution in [0.15, 0.2) is 33.5 Å². The van der Waals surface area contributed by atoms with Crippen molar-refractivity contribution in [3.05, 3.63) is 45.3 Å². The predicted molar refractivity (Wildman–Crippen MR) is 93.8 cm³/mol. The van der Waals surface area contributed by atoms with Crippen molar-refractivity contribution in [2.45, 2.75) is 25.0 Å². The van der Waals surface area contributed by atoms with Gasteiger partial charge in [-0.3, -0.25) is 4.79 Å². The molecule has 1 saturated carbocycles. The van der Waals surface area contributed by atoms with E-state index >= 15 is 0 Å². The second-order valence-electron chi connectivity index (χ2n) is 6.93. The van der Waals surface area contributed by atoms with Crippen molar-refractivity contribution >= 4 is 28.5 Å². The monoisotopic (exact) mass is 362 g/mol. The van der Waals surface area contributed by atoms with Crippen LogP contribution in [0.2, 0.25) is 5.02 Å². The SMILES string of the molecule is O=C(N[C@H]1C[C@H]2CNC[C@H]2C[C@@H]1O)c1cc2cc(Cl)ccc2oc1=O. The lowest BCUT2D eigenvalue weighted by Crippen LogP contribution is -2.50. The molecule has 1 amide bonds. The topological polar surface area (TPSA) is 91.6 Å².